The molecule has 1 aromatic rings. The van der Waals surface area contributed by atoms with Gasteiger partial charge in [-0.05, 0) is 19.8 Å². The van der Waals surface area contributed by atoms with Gasteiger partial charge in [-0.3, -0.25) is 14.4 Å². The van der Waals surface area contributed by atoms with Gasteiger partial charge in [0, 0.05) is 31.9 Å². The van der Waals surface area contributed by atoms with Gasteiger partial charge >= 0.3 is 0 Å². The molecule has 0 aliphatic carbocycles. The minimum absolute atomic E-state index is 0.153. The summed E-state index contributed by atoms with van der Waals surface area (Å²) in [5, 5.41) is 4.12. The molecule has 5 heteroatoms. The van der Waals surface area contributed by atoms with Crippen molar-refractivity contribution in [2.75, 3.05) is 19.6 Å². The summed E-state index contributed by atoms with van der Waals surface area (Å²) in [4.78, 5) is 14.2. The van der Waals surface area contributed by atoms with Gasteiger partial charge in [-0.25, -0.2) is 0 Å². The molecule has 0 bridgehead atoms. The first-order valence-electron chi connectivity index (χ1n) is 6.22. The lowest BCUT2D eigenvalue weighted by Gasteiger charge is -2.29. The van der Waals surface area contributed by atoms with Gasteiger partial charge in [0.25, 0.3) is 0 Å². The van der Waals surface area contributed by atoms with Gasteiger partial charge < -0.3 is 5.73 Å². The molecule has 2 rings (SSSR count). The molecule has 2 heterocycles. The minimum Gasteiger partial charge on any atom is -0.328 e. The van der Waals surface area contributed by atoms with E-state index in [1.807, 2.05) is 13.1 Å². The Hall–Kier alpha value is -1.20. The fourth-order valence-electron chi connectivity index (χ4n) is 2.09. The van der Waals surface area contributed by atoms with Crippen LogP contribution in [-0.4, -0.2) is 46.1 Å². The van der Waals surface area contributed by atoms with Crippen LogP contribution in [-0.2, 0) is 6.54 Å². The highest BCUT2D eigenvalue weighted by Gasteiger charge is 2.19. The van der Waals surface area contributed by atoms with E-state index >= 15 is 0 Å². The Morgan fingerprint density at radius 2 is 2.24 bits per heavy atom. The highest BCUT2D eigenvalue weighted by atomic mass is 16.1. The Bertz CT molecular complexity index is 380. The van der Waals surface area contributed by atoms with Crippen LogP contribution in [0.2, 0.25) is 0 Å². The van der Waals surface area contributed by atoms with Crippen LogP contribution in [0.4, 0.5) is 0 Å². The molecule has 0 amide bonds. The average molecular weight is 236 g/mol. The molecule has 0 radical (unpaired) electrons. The lowest BCUT2D eigenvalue weighted by Crippen LogP contribution is -2.41. The summed E-state index contributed by atoms with van der Waals surface area (Å²) in [7, 11) is 0. The lowest BCUT2D eigenvalue weighted by atomic mass is 10.1. The predicted molar refractivity (Wildman–Crippen MR) is 65.9 cm³/mol. The Kier molecular flexibility index (Phi) is 3.91. The number of carbonyl (C=O) groups is 1. The number of nitrogens with zero attached hydrogens (tertiary/aromatic N) is 3. The van der Waals surface area contributed by atoms with Crippen LogP contribution in [0.3, 0.4) is 0 Å². The molecule has 0 atom stereocenters. The second-order valence-corrected chi connectivity index (χ2v) is 4.62. The second-order valence-electron chi connectivity index (χ2n) is 4.62. The normalized spacial score (nSPS) is 18.5. The maximum absolute atomic E-state index is 12.0. The molecule has 2 N–H and O–H groups in total. The van der Waals surface area contributed by atoms with E-state index in [1.54, 1.807) is 10.9 Å². The molecule has 94 valence electrons. The molecular formula is C12H20N4O. The quantitative estimate of drug-likeness (QED) is 0.774. The molecule has 1 aliphatic rings. The molecule has 17 heavy (non-hydrogen) atoms. The number of ketones is 1. The number of rotatable bonds is 4. The summed E-state index contributed by atoms with van der Waals surface area (Å²) in [6.07, 6.45) is 5.45. The number of hydrogen-bond acceptors (Lipinski definition) is 4. The molecule has 1 saturated heterocycles. The number of Topliss-reactive ketones (excluding diaryl/α,β-unsaturated/α-hetero) is 1. The minimum atomic E-state index is 0.153. The molecule has 0 aromatic carbocycles. The van der Waals surface area contributed by atoms with Crippen LogP contribution in [0.25, 0.3) is 0 Å². The number of aryl methyl sites for hydroxylation is 1. The third kappa shape index (κ3) is 3.14. The van der Waals surface area contributed by atoms with Gasteiger partial charge in [0.2, 0.25) is 0 Å². The monoisotopic (exact) mass is 236 g/mol. The zero-order chi connectivity index (χ0) is 12.3. The van der Waals surface area contributed by atoms with Gasteiger partial charge in [0.15, 0.2) is 5.78 Å². The number of hydrogen-bond donors (Lipinski definition) is 1. The summed E-state index contributed by atoms with van der Waals surface area (Å²) < 4.78 is 1.78. The molecule has 0 saturated carbocycles. The highest BCUT2D eigenvalue weighted by Crippen LogP contribution is 2.09. The zero-order valence-corrected chi connectivity index (χ0v) is 10.3. The molecule has 5 nitrogen and oxygen atoms in total. The first-order chi connectivity index (χ1) is 8.19. The lowest BCUT2D eigenvalue weighted by molar-refractivity contribution is 0.0910. The van der Waals surface area contributed by atoms with Crippen molar-refractivity contribution in [1.82, 2.24) is 14.7 Å². The van der Waals surface area contributed by atoms with Crippen LogP contribution in [0.5, 0.6) is 0 Å². The van der Waals surface area contributed by atoms with Crippen LogP contribution in [0.1, 0.15) is 30.1 Å². The van der Waals surface area contributed by atoms with Gasteiger partial charge in [-0.15, -0.1) is 0 Å². The summed E-state index contributed by atoms with van der Waals surface area (Å²) in [5.41, 5.74) is 6.55. The molecule has 1 fully saturated rings. The molecule has 1 aromatic heterocycles. The maximum atomic E-state index is 12.0. The average Bonchev–Trinajstić information content (AvgIpc) is 2.81. The molecule has 1 aliphatic heterocycles. The summed E-state index contributed by atoms with van der Waals surface area (Å²) in [5.74, 6) is 0.153. The maximum Gasteiger partial charge on any atom is 0.179 e. The third-order valence-electron chi connectivity index (χ3n) is 3.28. The Balaban J connectivity index is 1.88. The van der Waals surface area contributed by atoms with E-state index in [-0.39, 0.29) is 5.78 Å². The summed E-state index contributed by atoms with van der Waals surface area (Å²) in [6.45, 7) is 5.14. The van der Waals surface area contributed by atoms with Crippen molar-refractivity contribution in [2.45, 2.75) is 32.4 Å². The Morgan fingerprint density at radius 3 is 2.82 bits per heavy atom. The van der Waals surface area contributed by atoms with Crippen molar-refractivity contribution >= 4 is 5.78 Å². The van der Waals surface area contributed by atoms with Crippen LogP contribution in [0.15, 0.2) is 12.4 Å². The number of carbonyl (C=O) groups excluding carboxylic acids is 1. The largest absolute Gasteiger partial charge is 0.328 e. The molecular weight excluding hydrogens is 216 g/mol. The van der Waals surface area contributed by atoms with Gasteiger partial charge in [-0.1, -0.05) is 0 Å². The fraction of sp³-hybridized carbons (Fsp3) is 0.667. The Labute approximate surface area is 102 Å². The molecule has 0 unspecified atom stereocenters. The first-order valence-corrected chi connectivity index (χ1v) is 6.22. The van der Waals surface area contributed by atoms with Crippen molar-refractivity contribution in [3.8, 4) is 0 Å². The van der Waals surface area contributed by atoms with Crippen molar-refractivity contribution in [3.05, 3.63) is 18.0 Å². The Morgan fingerprint density at radius 1 is 1.53 bits per heavy atom. The van der Waals surface area contributed by atoms with E-state index in [9.17, 15) is 4.79 Å². The van der Waals surface area contributed by atoms with Crippen molar-refractivity contribution < 1.29 is 4.79 Å². The van der Waals surface area contributed by atoms with E-state index < -0.39 is 0 Å². The summed E-state index contributed by atoms with van der Waals surface area (Å²) in [6, 6.07) is 0.309. The smallest absolute Gasteiger partial charge is 0.179 e. The topological polar surface area (TPSA) is 64.2 Å². The van der Waals surface area contributed by atoms with E-state index in [2.05, 4.69) is 10.00 Å². The number of nitrogens with two attached hydrogens (primary N) is 1. The van der Waals surface area contributed by atoms with E-state index in [1.165, 1.54) is 0 Å². The first kappa shape index (κ1) is 12.3. The predicted octanol–water partition coefficient (Wildman–Crippen LogP) is 0.509. The van der Waals surface area contributed by atoms with Gasteiger partial charge in [-0.2, -0.15) is 5.10 Å². The molecule has 0 spiro atoms. The number of likely N-dealkylation sites (tertiary alicyclic amines) is 1. The fourth-order valence-corrected chi connectivity index (χ4v) is 2.09. The zero-order valence-electron chi connectivity index (χ0n) is 10.3. The number of aromatic nitrogens is 2. The third-order valence-corrected chi connectivity index (χ3v) is 3.28. The standard InChI is InChI=1S/C12H20N4O/c1-2-16-8-10(7-14-16)12(17)9-15-5-3-11(13)4-6-15/h7-8,11H,2-6,9,13H2,1H3. The highest BCUT2D eigenvalue weighted by molar-refractivity contribution is 5.97. The van der Waals surface area contributed by atoms with Crippen molar-refractivity contribution in [3.63, 3.8) is 0 Å². The summed E-state index contributed by atoms with van der Waals surface area (Å²) >= 11 is 0. The van der Waals surface area contributed by atoms with Crippen LogP contribution < -0.4 is 5.73 Å². The van der Waals surface area contributed by atoms with Crippen molar-refractivity contribution in [2.24, 2.45) is 5.73 Å². The van der Waals surface area contributed by atoms with Crippen LogP contribution >= 0.6 is 0 Å². The van der Waals surface area contributed by atoms with Crippen molar-refractivity contribution in [1.29, 1.82) is 0 Å². The number of piperidine rings is 1. The van der Waals surface area contributed by atoms with Gasteiger partial charge in [0.05, 0.1) is 18.3 Å². The van der Waals surface area contributed by atoms with E-state index in [0.29, 0.717) is 18.2 Å². The van der Waals surface area contributed by atoms with Gasteiger partial charge in [0.1, 0.15) is 0 Å². The van der Waals surface area contributed by atoms with Crippen LogP contribution in [0, 0.1) is 0 Å². The second kappa shape index (κ2) is 5.42. The SMILES string of the molecule is CCn1cc(C(=O)CN2CCC(N)CC2)cn1. The van der Waals surface area contributed by atoms with E-state index in [0.717, 1.165) is 32.5 Å². The van der Waals surface area contributed by atoms with E-state index in [4.69, 9.17) is 5.73 Å².